The van der Waals surface area contributed by atoms with Crippen LogP contribution in [0.3, 0.4) is 0 Å². The number of amidine groups is 1. The Kier molecular flexibility index (Phi) is 8.19. The second kappa shape index (κ2) is 11.5. The molecule has 11 heteroatoms. The Balaban J connectivity index is 1.63. The fourth-order valence-corrected chi connectivity index (χ4v) is 3.17. The van der Waals surface area contributed by atoms with Gasteiger partial charge in [0, 0.05) is 32.1 Å². The van der Waals surface area contributed by atoms with Gasteiger partial charge in [-0.1, -0.05) is 35.5 Å². The number of ether oxygens (including phenoxy) is 1. The molecule has 178 valence electrons. The van der Waals surface area contributed by atoms with E-state index in [1.165, 1.54) is 0 Å². The van der Waals surface area contributed by atoms with Crippen LogP contribution in [0.5, 0.6) is 5.75 Å². The van der Waals surface area contributed by atoms with Crippen LogP contribution >= 0.6 is 0 Å². The van der Waals surface area contributed by atoms with E-state index < -0.39 is 11.9 Å². The SMILES string of the molecule is CN(C)c1cc(/C(=N/N)NN)ccc1OC[C@@H](C=O)NC(=O)c1cc(Cc2ccccc2)on1. The van der Waals surface area contributed by atoms with Crippen molar-refractivity contribution in [2.24, 2.45) is 16.8 Å². The molecule has 1 heterocycles. The van der Waals surface area contributed by atoms with E-state index in [0.717, 1.165) is 5.56 Å². The van der Waals surface area contributed by atoms with Gasteiger partial charge in [-0.2, -0.15) is 5.10 Å². The molecule has 3 aromatic rings. The number of anilines is 1. The van der Waals surface area contributed by atoms with Crippen LogP contribution in [0.4, 0.5) is 5.69 Å². The second-order valence-electron chi connectivity index (χ2n) is 7.57. The van der Waals surface area contributed by atoms with Crippen LogP contribution in [0.25, 0.3) is 0 Å². The number of hydrazine groups is 1. The van der Waals surface area contributed by atoms with Gasteiger partial charge in [0.05, 0.1) is 5.69 Å². The largest absolute Gasteiger partial charge is 0.489 e. The summed E-state index contributed by atoms with van der Waals surface area (Å²) in [6.07, 6.45) is 1.10. The number of hydrogen-bond donors (Lipinski definition) is 4. The number of aldehydes is 1. The molecule has 0 aliphatic heterocycles. The van der Waals surface area contributed by atoms with Crippen molar-refractivity contribution in [1.29, 1.82) is 0 Å². The maximum Gasteiger partial charge on any atom is 0.274 e. The first-order valence-electron chi connectivity index (χ1n) is 10.4. The summed E-state index contributed by atoms with van der Waals surface area (Å²) in [6, 6.07) is 15.5. The highest BCUT2D eigenvalue weighted by molar-refractivity contribution is 5.99. The molecule has 0 saturated heterocycles. The molecule has 1 atom stereocenters. The van der Waals surface area contributed by atoms with Crippen LogP contribution in [-0.4, -0.2) is 49.9 Å². The standard InChI is InChI=1S/C23H27N7O4/c1-30(2)20-11-16(22(27-24)28-25)8-9-21(20)33-14-17(13-31)26-23(32)19-12-18(34-29-19)10-15-6-4-3-5-7-15/h3-9,11-13,17H,10,14,24-25H2,1-2H3,(H,26,32)(H,27,28)/t17-/m1/s1. The summed E-state index contributed by atoms with van der Waals surface area (Å²) in [5, 5.41) is 10.0. The molecule has 0 aliphatic carbocycles. The summed E-state index contributed by atoms with van der Waals surface area (Å²) >= 11 is 0. The highest BCUT2D eigenvalue weighted by Gasteiger charge is 2.19. The summed E-state index contributed by atoms with van der Waals surface area (Å²) in [5.41, 5.74) is 4.89. The molecule has 0 aliphatic rings. The number of benzene rings is 2. The minimum absolute atomic E-state index is 0.0824. The zero-order valence-corrected chi connectivity index (χ0v) is 18.9. The number of carbonyl (C=O) groups excluding carboxylic acids is 2. The number of rotatable bonds is 10. The zero-order valence-electron chi connectivity index (χ0n) is 18.9. The van der Waals surface area contributed by atoms with Crippen molar-refractivity contribution >= 4 is 23.7 Å². The number of hydrazone groups is 1. The lowest BCUT2D eigenvalue weighted by molar-refractivity contribution is -0.110. The van der Waals surface area contributed by atoms with E-state index in [2.05, 4.69) is 21.0 Å². The van der Waals surface area contributed by atoms with Gasteiger partial charge in [0.2, 0.25) is 0 Å². The summed E-state index contributed by atoms with van der Waals surface area (Å²) in [5.74, 6) is 11.6. The lowest BCUT2D eigenvalue weighted by Gasteiger charge is -2.20. The average Bonchev–Trinajstić information content (AvgIpc) is 3.32. The first-order chi connectivity index (χ1) is 16.4. The van der Waals surface area contributed by atoms with Crippen molar-refractivity contribution in [1.82, 2.24) is 15.9 Å². The van der Waals surface area contributed by atoms with Gasteiger partial charge >= 0.3 is 0 Å². The van der Waals surface area contributed by atoms with E-state index in [0.29, 0.717) is 41.3 Å². The number of aromatic nitrogens is 1. The van der Waals surface area contributed by atoms with Crippen molar-refractivity contribution in [2.75, 3.05) is 25.6 Å². The van der Waals surface area contributed by atoms with E-state index in [1.807, 2.05) is 49.3 Å². The summed E-state index contributed by atoms with van der Waals surface area (Å²) < 4.78 is 11.1. The van der Waals surface area contributed by atoms with Crippen molar-refractivity contribution in [3.63, 3.8) is 0 Å². The van der Waals surface area contributed by atoms with Gasteiger partial charge in [-0.3, -0.25) is 4.79 Å². The van der Waals surface area contributed by atoms with Gasteiger partial charge in [-0.05, 0) is 23.8 Å². The molecule has 34 heavy (non-hydrogen) atoms. The second-order valence-corrected chi connectivity index (χ2v) is 7.57. The first kappa shape index (κ1) is 24.3. The van der Waals surface area contributed by atoms with E-state index in [1.54, 1.807) is 24.3 Å². The number of nitrogens with two attached hydrogens (primary N) is 2. The van der Waals surface area contributed by atoms with E-state index in [9.17, 15) is 9.59 Å². The number of nitrogens with zero attached hydrogens (tertiary/aromatic N) is 3. The maximum atomic E-state index is 12.6. The molecule has 0 saturated carbocycles. The molecule has 1 aromatic heterocycles. The Bertz CT molecular complexity index is 1150. The predicted molar refractivity (Wildman–Crippen MR) is 127 cm³/mol. The highest BCUT2D eigenvalue weighted by Crippen LogP contribution is 2.28. The molecule has 2 aromatic carbocycles. The van der Waals surface area contributed by atoms with Gasteiger partial charge in [-0.15, -0.1) is 0 Å². The molecule has 3 rings (SSSR count). The summed E-state index contributed by atoms with van der Waals surface area (Å²) in [4.78, 5) is 26.0. The van der Waals surface area contributed by atoms with Crippen molar-refractivity contribution < 1.29 is 18.8 Å². The summed E-state index contributed by atoms with van der Waals surface area (Å²) in [6.45, 7) is -0.0862. The number of nitrogens with one attached hydrogen (secondary N) is 2. The molecule has 0 bridgehead atoms. The molecular formula is C23H27N7O4. The normalized spacial score (nSPS) is 12.0. The van der Waals surface area contributed by atoms with Crippen LogP contribution < -0.4 is 32.1 Å². The zero-order chi connectivity index (χ0) is 24.5. The van der Waals surface area contributed by atoms with Gasteiger partial charge < -0.3 is 35.5 Å². The average molecular weight is 466 g/mol. The molecular weight excluding hydrogens is 438 g/mol. The third kappa shape index (κ3) is 6.11. The monoisotopic (exact) mass is 465 g/mol. The van der Waals surface area contributed by atoms with E-state index in [-0.39, 0.29) is 12.3 Å². The van der Waals surface area contributed by atoms with E-state index in [4.69, 9.17) is 20.9 Å². The van der Waals surface area contributed by atoms with Gasteiger partial charge in [0.25, 0.3) is 5.91 Å². The molecule has 0 fully saturated rings. The van der Waals surface area contributed by atoms with Crippen molar-refractivity contribution in [3.05, 3.63) is 77.2 Å². The molecule has 11 nitrogen and oxygen atoms in total. The molecule has 0 unspecified atom stereocenters. The van der Waals surface area contributed by atoms with Gasteiger partial charge in [0.1, 0.15) is 30.4 Å². The van der Waals surface area contributed by atoms with Crippen LogP contribution in [-0.2, 0) is 11.2 Å². The minimum Gasteiger partial charge on any atom is -0.489 e. The van der Waals surface area contributed by atoms with Crippen molar-refractivity contribution in [2.45, 2.75) is 12.5 Å². The minimum atomic E-state index is -0.900. The van der Waals surface area contributed by atoms with Crippen molar-refractivity contribution in [3.8, 4) is 5.75 Å². The lowest BCUT2D eigenvalue weighted by Crippen LogP contribution is -2.40. The first-order valence-corrected chi connectivity index (χ1v) is 10.4. The maximum absolute atomic E-state index is 12.6. The topological polar surface area (TPSA) is 161 Å². The third-order valence-electron chi connectivity index (χ3n) is 4.89. The van der Waals surface area contributed by atoms with E-state index >= 15 is 0 Å². The van der Waals surface area contributed by atoms with Gasteiger partial charge in [-0.25, -0.2) is 5.84 Å². The molecule has 6 N–H and O–H groups in total. The summed E-state index contributed by atoms with van der Waals surface area (Å²) in [7, 11) is 3.66. The Morgan fingerprint density at radius 2 is 2.00 bits per heavy atom. The Labute approximate surface area is 196 Å². The van der Waals surface area contributed by atoms with Crippen LogP contribution in [0.2, 0.25) is 0 Å². The quantitative estimate of drug-likeness (QED) is 0.111. The Morgan fingerprint density at radius 1 is 1.24 bits per heavy atom. The Morgan fingerprint density at radius 3 is 2.65 bits per heavy atom. The Hall–Kier alpha value is -4.38. The number of hydrogen-bond acceptors (Lipinski definition) is 9. The fraction of sp³-hybridized carbons (Fsp3) is 0.217. The number of carbonyl (C=O) groups is 2. The third-order valence-corrected chi connectivity index (χ3v) is 4.89. The van der Waals surface area contributed by atoms with Gasteiger partial charge in [0.15, 0.2) is 11.5 Å². The molecule has 0 spiro atoms. The fourth-order valence-electron chi connectivity index (χ4n) is 3.17. The number of amides is 1. The smallest absolute Gasteiger partial charge is 0.274 e. The van der Waals surface area contributed by atoms with Crippen LogP contribution in [0, 0.1) is 0 Å². The van der Waals surface area contributed by atoms with Crippen LogP contribution in [0.1, 0.15) is 27.4 Å². The molecule has 1 amide bonds. The molecule has 0 radical (unpaired) electrons. The van der Waals surface area contributed by atoms with Crippen LogP contribution in [0.15, 0.2) is 64.2 Å². The lowest BCUT2D eigenvalue weighted by atomic mass is 10.1. The highest BCUT2D eigenvalue weighted by atomic mass is 16.5. The predicted octanol–water partition coefficient (Wildman–Crippen LogP) is 0.791.